The second-order valence-electron chi connectivity index (χ2n) is 5.67. The van der Waals surface area contributed by atoms with Crippen LogP contribution in [0.2, 0.25) is 5.02 Å². The molecule has 0 saturated heterocycles. The SMILES string of the molecule is Cc1ccc(NC(=O)N(CC(C)C)C2CC2)cc1Cl. The number of hydrogen-bond donors (Lipinski definition) is 1. The lowest BCUT2D eigenvalue weighted by molar-refractivity contribution is 0.201. The minimum absolute atomic E-state index is 0.0175. The summed E-state index contributed by atoms with van der Waals surface area (Å²) in [5.41, 5.74) is 1.77. The summed E-state index contributed by atoms with van der Waals surface area (Å²) >= 11 is 6.07. The number of carbonyl (C=O) groups excluding carboxylic acids is 1. The van der Waals surface area contributed by atoms with Crippen LogP contribution in [0.4, 0.5) is 10.5 Å². The fraction of sp³-hybridized carbons (Fsp3) is 0.533. The Bertz CT molecular complexity index is 469. The molecule has 1 aliphatic carbocycles. The molecule has 2 amide bonds. The predicted octanol–water partition coefficient (Wildman–Crippen LogP) is 4.30. The monoisotopic (exact) mass is 280 g/mol. The average molecular weight is 281 g/mol. The molecule has 0 radical (unpaired) electrons. The number of nitrogens with one attached hydrogen (secondary N) is 1. The van der Waals surface area contributed by atoms with Crippen LogP contribution in [0.3, 0.4) is 0 Å². The Balaban J connectivity index is 2.03. The van der Waals surface area contributed by atoms with Crippen LogP contribution in [0.15, 0.2) is 18.2 Å². The van der Waals surface area contributed by atoms with E-state index in [0.717, 1.165) is 30.6 Å². The van der Waals surface area contributed by atoms with Crippen molar-refractivity contribution in [3.05, 3.63) is 28.8 Å². The first-order valence-corrected chi connectivity index (χ1v) is 7.19. The summed E-state index contributed by atoms with van der Waals surface area (Å²) < 4.78 is 0. The zero-order chi connectivity index (χ0) is 14.0. The molecule has 0 aliphatic heterocycles. The molecule has 4 heteroatoms. The summed E-state index contributed by atoms with van der Waals surface area (Å²) in [5, 5.41) is 3.62. The Labute approximate surface area is 119 Å². The Kier molecular flexibility index (Phi) is 4.35. The van der Waals surface area contributed by atoms with Crippen LogP contribution < -0.4 is 5.32 Å². The normalized spacial score (nSPS) is 14.6. The van der Waals surface area contributed by atoms with Crippen molar-refractivity contribution in [3.63, 3.8) is 0 Å². The van der Waals surface area contributed by atoms with Gasteiger partial charge in [0.05, 0.1) is 0 Å². The molecule has 0 spiro atoms. The molecule has 0 bridgehead atoms. The maximum Gasteiger partial charge on any atom is 0.322 e. The Hall–Kier alpha value is -1.22. The number of aryl methyl sites for hydroxylation is 1. The fourth-order valence-corrected chi connectivity index (χ4v) is 2.22. The number of rotatable bonds is 4. The number of anilines is 1. The van der Waals surface area contributed by atoms with E-state index < -0.39 is 0 Å². The van der Waals surface area contributed by atoms with Gasteiger partial charge in [0, 0.05) is 23.3 Å². The maximum absolute atomic E-state index is 12.3. The highest BCUT2D eigenvalue weighted by atomic mass is 35.5. The molecule has 1 aliphatic rings. The van der Waals surface area contributed by atoms with Gasteiger partial charge in [0.15, 0.2) is 0 Å². The minimum atomic E-state index is -0.0175. The first-order chi connectivity index (χ1) is 8.97. The maximum atomic E-state index is 12.3. The van der Waals surface area contributed by atoms with Gasteiger partial charge in [-0.1, -0.05) is 31.5 Å². The number of halogens is 1. The smallest absolute Gasteiger partial charge is 0.321 e. The summed E-state index contributed by atoms with van der Waals surface area (Å²) in [6.07, 6.45) is 2.24. The second kappa shape index (κ2) is 5.83. The lowest BCUT2D eigenvalue weighted by Crippen LogP contribution is -2.39. The van der Waals surface area contributed by atoms with Crippen LogP contribution in [-0.4, -0.2) is 23.5 Å². The Morgan fingerprint density at radius 3 is 2.68 bits per heavy atom. The van der Waals surface area contributed by atoms with E-state index in [2.05, 4.69) is 19.2 Å². The topological polar surface area (TPSA) is 32.3 Å². The molecule has 1 fully saturated rings. The third kappa shape index (κ3) is 3.87. The van der Waals surface area contributed by atoms with Crippen LogP contribution in [0.25, 0.3) is 0 Å². The third-order valence-corrected chi connectivity index (χ3v) is 3.64. The second-order valence-corrected chi connectivity index (χ2v) is 6.08. The number of amides is 2. The molecule has 0 atom stereocenters. The lowest BCUT2D eigenvalue weighted by Gasteiger charge is -2.24. The quantitative estimate of drug-likeness (QED) is 0.876. The molecule has 3 nitrogen and oxygen atoms in total. The molecule has 2 rings (SSSR count). The summed E-state index contributed by atoms with van der Waals surface area (Å²) in [6, 6.07) is 6.01. The van der Waals surface area contributed by atoms with E-state index in [1.807, 2.05) is 24.0 Å². The highest BCUT2D eigenvalue weighted by molar-refractivity contribution is 6.31. The molecule has 1 N–H and O–H groups in total. The van der Waals surface area contributed by atoms with Gasteiger partial charge in [-0.25, -0.2) is 4.79 Å². The van der Waals surface area contributed by atoms with Gasteiger partial charge in [-0.15, -0.1) is 0 Å². The summed E-state index contributed by atoms with van der Waals surface area (Å²) in [5.74, 6) is 0.480. The van der Waals surface area contributed by atoms with Gasteiger partial charge < -0.3 is 10.2 Å². The highest BCUT2D eigenvalue weighted by Gasteiger charge is 2.32. The van der Waals surface area contributed by atoms with Crippen molar-refractivity contribution in [2.75, 3.05) is 11.9 Å². The third-order valence-electron chi connectivity index (χ3n) is 3.23. The zero-order valence-corrected chi connectivity index (χ0v) is 12.5. The van der Waals surface area contributed by atoms with Crippen LogP contribution in [0.1, 0.15) is 32.3 Å². The summed E-state index contributed by atoms with van der Waals surface area (Å²) in [4.78, 5) is 14.2. The molecule has 19 heavy (non-hydrogen) atoms. The van der Waals surface area contributed by atoms with Gasteiger partial charge in [0.1, 0.15) is 0 Å². The lowest BCUT2D eigenvalue weighted by atomic mass is 10.2. The molecule has 0 aromatic heterocycles. The van der Waals surface area contributed by atoms with Gasteiger partial charge in [0.25, 0.3) is 0 Å². The number of nitrogens with zero attached hydrogens (tertiary/aromatic N) is 1. The van der Waals surface area contributed by atoms with E-state index in [1.54, 1.807) is 6.07 Å². The number of carbonyl (C=O) groups is 1. The minimum Gasteiger partial charge on any atom is -0.321 e. The largest absolute Gasteiger partial charge is 0.322 e. The van der Waals surface area contributed by atoms with Crippen molar-refractivity contribution < 1.29 is 4.79 Å². The van der Waals surface area contributed by atoms with E-state index in [1.165, 1.54) is 0 Å². The van der Waals surface area contributed by atoms with E-state index in [9.17, 15) is 4.79 Å². The van der Waals surface area contributed by atoms with E-state index >= 15 is 0 Å². The standard InChI is InChI=1S/C15H21ClN2O/c1-10(2)9-18(13-6-7-13)15(19)17-12-5-4-11(3)14(16)8-12/h4-5,8,10,13H,6-7,9H2,1-3H3,(H,17,19). The Morgan fingerprint density at radius 2 is 2.16 bits per heavy atom. The summed E-state index contributed by atoms with van der Waals surface area (Å²) in [6.45, 7) is 7.01. The number of urea groups is 1. The van der Waals surface area contributed by atoms with Gasteiger partial charge in [-0.2, -0.15) is 0 Å². The molecule has 1 aromatic rings. The Morgan fingerprint density at radius 1 is 1.47 bits per heavy atom. The predicted molar refractivity (Wildman–Crippen MR) is 79.8 cm³/mol. The molecular formula is C15H21ClN2O. The molecule has 0 heterocycles. The van der Waals surface area contributed by atoms with Gasteiger partial charge in [-0.3, -0.25) is 0 Å². The van der Waals surface area contributed by atoms with Crippen LogP contribution >= 0.6 is 11.6 Å². The molecule has 0 unspecified atom stereocenters. The number of hydrogen-bond acceptors (Lipinski definition) is 1. The molecule has 1 aromatic carbocycles. The first-order valence-electron chi connectivity index (χ1n) is 6.81. The van der Waals surface area contributed by atoms with Crippen molar-refractivity contribution in [2.24, 2.45) is 5.92 Å². The first kappa shape index (κ1) is 14.2. The zero-order valence-electron chi connectivity index (χ0n) is 11.7. The van der Waals surface area contributed by atoms with Crippen LogP contribution in [-0.2, 0) is 0 Å². The molecule has 1 saturated carbocycles. The van der Waals surface area contributed by atoms with E-state index in [-0.39, 0.29) is 6.03 Å². The van der Waals surface area contributed by atoms with Crippen molar-refractivity contribution in [1.82, 2.24) is 4.90 Å². The van der Waals surface area contributed by atoms with Crippen molar-refractivity contribution in [2.45, 2.75) is 39.7 Å². The van der Waals surface area contributed by atoms with Gasteiger partial charge in [0.2, 0.25) is 0 Å². The van der Waals surface area contributed by atoms with Crippen molar-refractivity contribution in [1.29, 1.82) is 0 Å². The fourth-order valence-electron chi connectivity index (χ4n) is 2.04. The molecular weight excluding hydrogens is 260 g/mol. The van der Waals surface area contributed by atoms with Crippen LogP contribution in [0.5, 0.6) is 0 Å². The van der Waals surface area contributed by atoms with E-state index in [4.69, 9.17) is 11.6 Å². The van der Waals surface area contributed by atoms with Crippen molar-refractivity contribution >= 4 is 23.3 Å². The molecule has 104 valence electrons. The van der Waals surface area contributed by atoms with Gasteiger partial charge >= 0.3 is 6.03 Å². The van der Waals surface area contributed by atoms with Gasteiger partial charge in [-0.05, 0) is 43.4 Å². The van der Waals surface area contributed by atoms with Crippen LogP contribution in [0, 0.1) is 12.8 Å². The average Bonchev–Trinajstić information content (AvgIpc) is 3.14. The summed E-state index contributed by atoms with van der Waals surface area (Å²) in [7, 11) is 0. The van der Waals surface area contributed by atoms with E-state index in [0.29, 0.717) is 17.0 Å². The highest BCUT2D eigenvalue weighted by Crippen LogP contribution is 2.28. The number of benzene rings is 1. The van der Waals surface area contributed by atoms with Crippen molar-refractivity contribution in [3.8, 4) is 0 Å².